The van der Waals surface area contributed by atoms with Gasteiger partial charge in [-0.25, -0.2) is 0 Å². The zero-order valence-electron chi connectivity index (χ0n) is 13.4. The normalized spacial score (nSPS) is 17.7. The summed E-state index contributed by atoms with van der Waals surface area (Å²) >= 11 is 0. The van der Waals surface area contributed by atoms with E-state index in [2.05, 4.69) is 5.16 Å². The third-order valence-electron chi connectivity index (χ3n) is 4.88. The summed E-state index contributed by atoms with van der Waals surface area (Å²) in [5.41, 5.74) is 7.86. The van der Waals surface area contributed by atoms with Gasteiger partial charge in [0, 0.05) is 19.0 Å². The maximum atomic E-state index is 12.5. The highest BCUT2D eigenvalue weighted by Crippen LogP contribution is 2.38. The van der Waals surface area contributed by atoms with Gasteiger partial charge in [0.1, 0.15) is 5.76 Å². The lowest BCUT2D eigenvalue weighted by molar-refractivity contribution is -0.133. The number of aryl methyl sites for hydroxylation is 2. The summed E-state index contributed by atoms with van der Waals surface area (Å²) in [6.45, 7) is 4.96. The van der Waals surface area contributed by atoms with Crippen molar-refractivity contribution in [2.75, 3.05) is 13.6 Å². The molecule has 0 saturated heterocycles. The van der Waals surface area contributed by atoms with Crippen molar-refractivity contribution in [2.45, 2.75) is 58.9 Å². The van der Waals surface area contributed by atoms with Gasteiger partial charge < -0.3 is 15.2 Å². The number of rotatable bonds is 5. The van der Waals surface area contributed by atoms with E-state index in [1.54, 1.807) is 4.90 Å². The average Bonchev–Trinajstić information content (AvgIpc) is 2.80. The summed E-state index contributed by atoms with van der Waals surface area (Å²) in [4.78, 5) is 14.3. The molecule has 0 aliphatic heterocycles. The van der Waals surface area contributed by atoms with Crippen molar-refractivity contribution < 1.29 is 9.32 Å². The SMILES string of the molecule is Cc1noc(C)c1CN(C)C(=O)CC1(CN)CCCCC1. The highest BCUT2D eigenvalue weighted by atomic mass is 16.5. The Labute approximate surface area is 126 Å². The van der Waals surface area contributed by atoms with E-state index in [1.807, 2.05) is 20.9 Å². The van der Waals surface area contributed by atoms with Crippen LogP contribution in [0.15, 0.2) is 4.52 Å². The van der Waals surface area contributed by atoms with Crippen molar-refractivity contribution >= 4 is 5.91 Å². The fourth-order valence-electron chi connectivity index (χ4n) is 3.26. The highest BCUT2D eigenvalue weighted by molar-refractivity contribution is 5.76. The van der Waals surface area contributed by atoms with Crippen LogP contribution in [-0.4, -0.2) is 29.6 Å². The molecule has 1 aromatic heterocycles. The first-order valence-corrected chi connectivity index (χ1v) is 7.83. The summed E-state index contributed by atoms with van der Waals surface area (Å²) in [7, 11) is 1.85. The van der Waals surface area contributed by atoms with Crippen molar-refractivity contribution in [3.8, 4) is 0 Å². The number of nitrogens with zero attached hydrogens (tertiary/aromatic N) is 2. The molecule has 1 amide bonds. The van der Waals surface area contributed by atoms with Crippen LogP contribution in [0.5, 0.6) is 0 Å². The standard InChI is InChI=1S/C16H27N3O2/c1-12-14(13(2)21-18-12)10-19(3)15(20)9-16(11-17)7-5-4-6-8-16/h4-11,17H2,1-3H3. The van der Waals surface area contributed by atoms with E-state index < -0.39 is 0 Å². The number of carbonyl (C=O) groups excluding carboxylic acids is 1. The summed E-state index contributed by atoms with van der Waals surface area (Å²) in [5.74, 6) is 0.959. The lowest BCUT2D eigenvalue weighted by atomic mass is 9.71. The quantitative estimate of drug-likeness (QED) is 0.905. The van der Waals surface area contributed by atoms with Crippen LogP contribution in [0.4, 0.5) is 0 Å². The van der Waals surface area contributed by atoms with Gasteiger partial charge in [-0.2, -0.15) is 0 Å². The van der Waals surface area contributed by atoms with Gasteiger partial charge in [0.05, 0.1) is 12.2 Å². The number of hydrogen-bond donors (Lipinski definition) is 1. The number of carbonyl (C=O) groups is 1. The Morgan fingerprint density at radius 3 is 2.52 bits per heavy atom. The van der Waals surface area contributed by atoms with Gasteiger partial charge in [0.25, 0.3) is 0 Å². The van der Waals surface area contributed by atoms with Crippen LogP contribution in [0, 0.1) is 19.3 Å². The molecule has 21 heavy (non-hydrogen) atoms. The number of aromatic nitrogens is 1. The maximum absolute atomic E-state index is 12.5. The highest BCUT2D eigenvalue weighted by Gasteiger charge is 2.34. The first-order chi connectivity index (χ1) is 9.97. The molecule has 2 N–H and O–H groups in total. The van der Waals surface area contributed by atoms with Crippen molar-refractivity contribution in [3.63, 3.8) is 0 Å². The molecule has 1 fully saturated rings. The fourth-order valence-corrected chi connectivity index (χ4v) is 3.26. The van der Waals surface area contributed by atoms with E-state index in [0.717, 1.165) is 29.9 Å². The first kappa shape index (κ1) is 16.0. The molecule has 1 aromatic rings. The van der Waals surface area contributed by atoms with Crippen LogP contribution in [-0.2, 0) is 11.3 Å². The Balaban J connectivity index is 1.99. The summed E-state index contributed by atoms with van der Waals surface area (Å²) < 4.78 is 5.16. The van der Waals surface area contributed by atoms with Crippen LogP contribution >= 0.6 is 0 Å². The van der Waals surface area contributed by atoms with Crippen molar-refractivity contribution in [3.05, 3.63) is 17.0 Å². The van der Waals surface area contributed by atoms with Crippen molar-refractivity contribution in [1.82, 2.24) is 10.1 Å². The first-order valence-electron chi connectivity index (χ1n) is 7.83. The largest absolute Gasteiger partial charge is 0.361 e. The Morgan fingerprint density at radius 2 is 2.00 bits per heavy atom. The number of nitrogens with two attached hydrogens (primary N) is 1. The fraction of sp³-hybridized carbons (Fsp3) is 0.750. The van der Waals surface area contributed by atoms with Crippen LogP contribution in [0.1, 0.15) is 55.5 Å². The van der Waals surface area contributed by atoms with Crippen LogP contribution in [0.25, 0.3) is 0 Å². The molecule has 0 aromatic carbocycles. The summed E-state index contributed by atoms with van der Waals surface area (Å²) in [6.07, 6.45) is 6.37. The smallest absolute Gasteiger partial charge is 0.223 e. The monoisotopic (exact) mass is 293 g/mol. The third-order valence-corrected chi connectivity index (χ3v) is 4.88. The minimum Gasteiger partial charge on any atom is -0.361 e. The second-order valence-corrected chi connectivity index (χ2v) is 6.49. The van der Waals surface area contributed by atoms with E-state index in [-0.39, 0.29) is 11.3 Å². The predicted molar refractivity (Wildman–Crippen MR) is 81.6 cm³/mol. The molecule has 0 unspecified atom stereocenters. The van der Waals surface area contributed by atoms with Gasteiger partial charge in [0.2, 0.25) is 5.91 Å². The molecule has 1 aliphatic carbocycles. The van der Waals surface area contributed by atoms with Gasteiger partial charge >= 0.3 is 0 Å². The Morgan fingerprint density at radius 1 is 1.33 bits per heavy atom. The summed E-state index contributed by atoms with van der Waals surface area (Å²) in [6, 6.07) is 0. The lowest BCUT2D eigenvalue weighted by Crippen LogP contribution is -2.39. The molecule has 0 spiro atoms. The van der Waals surface area contributed by atoms with Gasteiger partial charge in [-0.05, 0) is 38.6 Å². The molecule has 2 rings (SSSR count). The van der Waals surface area contributed by atoms with E-state index in [0.29, 0.717) is 19.5 Å². The van der Waals surface area contributed by atoms with Crippen LogP contribution in [0.3, 0.4) is 0 Å². The molecule has 1 heterocycles. The molecular weight excluding hydrogens is 266 g/mol. The van der Waals surface area contributed by atoms with Crippen LogP contribution < -0.4 is 5.73 Å². The second-order valence-electron chi connectivity index (χ2n) is 6.49. The number of hydrogen-bond acceptors (Lipinski definition) is 4. The molecule has 0 atom stereocenters. The van der Waals surface area contributed by atoms with E-state index in [4.69, 9.17) is 10.3 Å². The predicted octanol–water partition coefficient (Wildman–Crippen LogP) is 2.55. The second kappa shape index (κ2) is 6.60. The minimum atomic E-state index is 0.0162. The number of amides is 1. The van der Waals surface area contributed by atoms with E-state index >= 15 is 0 Å². The zero-order valence-corrected chi connectivity index (χ0v) is 13.4. The Hall–Kier alpha value is -1.36. The molecule has 1 aliphatic rings. The average molecular weight is 293 g/mol. The molecule has 0 bridgehead atoms. The topological polar surface area (TPSA) is 72.4 Å². The molecule has 5 heteroatoms. The molecule has 5 nitrogen and oxygen atoms in total. The maximum Gasteiger partial charge on any atom is 0.223 e. The van der Waals surface area contributed by atoms with Crippen molar-refractivity contribution in [2.24, 2.45) is 11.1 Å². The summed E-state index contributed by atoms with van der Waals surface area (Å²) in [5, 5.41) is 3.94. The molecular formula is C16H27N3O2. The van der Waals surface area contributed by atoms with Gasteiger partial charge in [-0.15, -0.1) is 0 Å². The van der Waals surface area contributed by atoms with Crippen molar-refractivity contribution in [1.29, 1.82) is 0 Å². The Bertz CT molecular complexity index is 470. The molecule has 118 valence electrons. The van der Waals surface area contributed by atoms with E-state index in [1.165, 1.54) is 19.3 Å². The van der Waals surface area contributed by atoms with Crippen LogP contribution in [0.2, 0.25) is 0 Å². The zero-order chi connectivity index (χ0) is 15.5. The molecule has 0 radical (unpaired) electrons. The van der Waals surface area contributed by atoms with Gasteiger partial charge in [0.15, 0.2) is 0 Å². The lowest BCUT2D eigenvalue weighted by Gasteiger charge is -2.36. The Kier molecular flexibility index (Phi) is 5.04. The van der Waals surface area contributed by atoms with E-state index in [9.17, 15) is 4.79 Å². The minimum absolute atomic E-state index is 0.0162. The van der Waals surface area contributed by atoms with Gasteiger partial charge in [-0.1, -0.05) is 24.4 Å². The van der Waals surface area contributed by atoms with Gasteiger partial charge in [-0.3, -0.25) is 4.79 Å². The molecule has 1 saturated carbocycles. The third kappa shape index (κ3) is 3.64.